The van der Waals surface area contributed by atoms with E-state index in [0.717, 1.165) is 12.3 Å². The van der Waals surface area contributed by atoms with Gasteiger partial charge in [0, 0.05) is 57.4 Å². The third-order valence-electron chi connectivity index (χ3n) is 6.19. The summed E-state index contributed by atoms with van der Waals surface area (Å²) in [4.78, 5) is 34.9. The molecule has 0 spiro atoms. The van der Waals surface area contributed by atoms with Crippen molar-refractivity contribution in [2.45, 2.75) is 25.9 Å². The normalized spacial score (nSPS) is 18.2. The number of carbonyl (C=O) groups is 2. The lowest BCUT2D eigenvalue weighted by atomic mass is 9.95. The Morgan fingerprint density at radius 3 is 2.38 bits per heavy atom. The molecule has 0 aliphatic carbocycles. The van der Waals surface area contributed by atoms with Gasteiger partial charge in [-0.05, 0) is 31.9 Å². The lowest BCUT2D eigenvalue weighted by Crippen LogP contribution is -2.52. The second kappa shape index (κ2) is 10.00. The second-order valence-corrected chi connectivity index (χ2v) is 8.64. The van der Waals surface area contributed by atoms with E-state index < -0.39 is 11.7 Å². The number of piperidine rings is 1. The van der Waals surface area contributed by atoms with E-state index >= 15 is 0 Å². The number of amides is 2. The summed E-state index contributed by atoms with van der Waals surface area (Å²) in [6.07, 6.45) is -2.31. The molecule has 12 heteroatoms. The summed E-state index contributed by atoms with van der Waals surface area (Å²) >= 11 is 0. The van der Waals surface area contributed by atoms with E-state index in [0.29, 0.717) is 69.5 Å². The molecule has 2 fully saturated rings. The zero-order valence-electron chi connectivity index (χ0n) is 18.8. The zero-order chi connectivity index (χ0) is 24.3. The minimum absolute atomic E-state index is 0.0993. The van der Waals surface area contributed by atoms with Gasteiger partial charge in [-0.3, -0.25) is 14.5 Å². The van der Waals surface area contributed by atoms with E-state index in [-0.39, 0.29) is 24.3 Å². The van der Waals surface area contributed by atoms with Crippen LogP contribution in [0.5, 0.6) is 0 Å². The van der Waals surface area contributed by atoms with Crippen LogP contribution in [-0.4, -0.2) is 77.6 Å². The number of pyridine rings is 1. The number of nitrogens with one attached hydrogen (secondary N) is 1. The second-order valence-electron chi connectivity index (χ2n) is 8.64. The van der Waals surface area contributed by atoms with Crippen LogP contribution in [0.2, 0.25) is 0 Å². The standard InChI is InChI=1S/C22H27F3N6O3/c1-15-12-18(28-34-15)27-20(32)14-29-8-10-31(11-9-29)21(33)16-4-6-30(7-5-16)19-3-2-17(13-26-19)22(23,24)25/h2-3,12-13,16H,4-11,14H2,1H3,(H,27,28,32). The molecular weight excluding hydrogens is 453 g/mol. The molecular formula is C22H27F3N6O3. The maximum absolute atomic E-state index is 13.0. The molecule has 0 saturated carbocycles. The Hall–Kier alpha value is -3.15. The van der Waals surface area contributed by atoms with Gasteiger partial charge in [-0.1, -0.05) is 5.16 Å². The summed E-state index contributed by atoms with van der Waals surface area (Å²) < 4.78 is 43.1. The molecule has 4 heterocycles. The van der Waals surface area contributed by atoms with E-state index in [2.05, 4.69) is 15.5 Å². The molecule has 4 rings (SSSR count). The van der Waals surface area contributed by atoms with E-state index in [4.69, 9.17) is 4.52 Å². The van der Waals surface area contributed by atoms with Gasteiger partial charge in [-0.25, -0.2) is 4.98 Å². The summed E-state index contributed by atoms with van der Waals surface area (Å²) in [5.74, 6) is 1.29. The van der Waals surface area contributed by atoms with Crippen molar-refractivity contribution < 1.29 is 27.3 Å². The number of hydrogen-bond donors (Lipinski definition) is 1. The number of aryl methyl sites for hydroxylation is 1. The predicted molar refractivity (Wildman–Crippen MR) is 117 cm³/mol. The molecule has 0 unspecified atom stereocenters. The molecule has 2 aliphatic rings. The maximum atomic E-state index is 13.0. The number of alkyl halides is 3. The van der Waals surface area contributed by atoms with Gasteiger partial charge in [-0.2, -0.15) is 13.2 Å². The average Bonchev–Trinajstić information content (AvgIpc) is 3.23. The van der Waals surface area contributed by atoms with Gasteiger partial charge in [0.25, 0.3) is 0 Å². The van der Waals surface area contributed by atoms with Crippen LogP contribution in [0.15, 0.2) is 28.9 Å². The lowest BCUT2D eigenvalue weighted by molar-refractivity contribution is -0.139. The van der Waals surface area contributed by atoms with Crippen molar-refractivity contribution in [3.05, 3.63) is 35.7 Å². The summed E-state index contributed by atoms with van der Waals surface area (Å²) in [5, 5.41) is 6.44. The van der Waals surface area contributed by atoms with Crippen LogP contribution in [0.4, 0.5) is 24.8 Å². The smallest absolute Gasteiger partial charge is 0.360 e. The number of piperazine rings is 1. The Morgan fingerprint density at radius 2 is 1.82 bits per heavy atom. The minimum Gasteiger partial charge on any atom is -0.360 e. The van der Waals surface area contributed by atoms with E-state index in [1.165, 1.54) is 6.07 Å². The highest BCUT2D eigenvalue weighted by molar-refractivity contribution is 5.91. The Balaban J connectivity index is 1.20. The number of nitrogens with zero attached hydrogens (tertiary/aromatic N) is 5. The Bertz CT molecular complexity index is 994. The van der Waals surface area contributed by atoms with Crippen molar-refractivity contribution in [2.24, 2.45) is 5.92 Å². The van der Waals surface area contributed by atoms with E-state index in [9.17, 15) is 22.8 Å². The van der Waals surface area contributed by atoms with Crippen LogP contribution in [0.1, 0.15) is 24.2 Å². The number of carbonyl (C=O) groups excluding carboxylic acids is 2. The lowest BCUT2D eigenvalue weighted by Gasteiger charge is -2.38. The van der Waals surface area contributed by atoms with Crippen molar-refractivity contribution in [3.8, 4) is 0 Å². The minimum atomic E-state index is -4.41. The number of anilines is 2. The number of rotatable bonds is 5. The Kier molecular flexibility index (Phi) is 7.05. The van der Waals surface area contributed by atoms with Crippen molar-refractivity contribution in [2.75, 3.05) is 56.0 Å². The summed E-state index contributed by atoms with van der Waals surface area (Å²) in [5.41, 5.74) is -0.772. The van der Waals surface area contributed by atoms with Gasteiger partial charge in [0.15, 0.2) is 5.82 Å². The largest absolute Gasteiger partial charge is 0.417 e. The highest BCUT2D eigenvalue weighted by Gasteiger charge is 2.33. The van der Waals surface area contributed by atoms with Crippen LogP contribution < -0.4 is 10.2 Å². The molecule has 9 nitrogen and oxygen atoms in total. The van der Waals surface area contributed by atoms with Gasteiger partial charge < -0.3 is 19.6 Å². The predicted octanol–water partition coefficient (Wildman–Crippen LogP) is 2.40. The molecule has 0 bridgehead atoms. The van der Waals surface area contributed by atoms with Crippen molar-refractivity contribution >= 4 is 23.5 Å². The zero-order valence-corrected chi connectivity index (χ0v) is 18.8. The van der Waals surface area contributed by atoms with Crippen LogP contribution in [0.25, 0.3) is 0 Å². The van der Waals surface area contributed by atoms with Gasteiger partial charge in [-0.15, -0.1) is 0 Å². The Morgan fingerprint density at radius 1 is 1.12 bits per heavy atom. The fourth-order valence-corrected chi connectivity index (χ4v) is 4.29. The summed E-state index contributed by atoms with van der Waals surface area (Å²) in [6, 6.07) is 4.06. The highest BCUT2D eigenvalue weighted by atomic mass is 19.4. The molecule has 0 atom stereocenters. The molecule has 184 valence electrons. The molecule has 2 aromatic rings. The monoisotopic (exact) mass is 480 g/mol. The van der Waals surface area contributed by atoms with Crippen molar-refractivity contribution in [3.63, 3.8) is 0 Å². The first-order valence-electron chi connectivity index (χ1n) is 11.2. The molecule has 2 aromatic heterocycles. The van der Waals surface area contributed by atoms with Gasteiger partial charge in [0.1, 0.15) is 11.6 Å². The summed E-state index contributed by atoms with van der Waals surface area (Å²) in [7, 11) is 0. The number of halogens is 3. The first kappa shape index (κ1) is 24.0. The Labute approximate surface area is 194 Å². The molecule has 2 saturated heterocycles. The van der Waals surface area contributed by atoms with Crippen LogP contribution in [0, 0.1) is 12.8 Å². The molecule has 0 aromatic carbocycles. The maximum Gasteiger partial charge on any atom is 0.417 e. The fraction of sp³-hybridized carbons (Fsp3) is 0.545. The SMILES string of the molecule is Cc1cc(NC(=O)CN2CCN(C(=O)C3CCN(c4ccc(C(F)(F)F)cn4)CC3)CC2)no1. The topological polar surface area (TPSA) is 94.8 Å². The summed E-state index contributed by atoms with van der Waals surface area (Å²) in [6.45, 7) is 5.40. The van der Waals surface area contributed by atoms with E-state index in [1.807, 2.05) is 14.7 Å². The van der Waals surface area contributed by atoms with Crippen LogP contribution in [-0.2, 0) is 15.8 Å². The quantitative estimate of drug-likeness (QED) is 0.702. The molecule has 0 radical (unpaired) electrons. The third-order valence-corrected chi connectivity index (χ3v) is 6.19. The van der Waals surface area contributed by atoms with Gasteiger partial charge >= 0.3 is 6.18 Å². The van der Waals surface area contributed by atoms with Crippen molar-refractivity contribution in [1.29, 1.82) is 0 Å². The molecule has 1 N–H and O–H groups in total. The molecule has 34 heavy (non-hydrogen) atoms. The van der Waals surface area contributed by atoms with E-state index in [1.54, 1.807) is 13.0 Å². The number of hydrogen-bond acceptors (Lipinski definition) is 7. The van der Waals surface area contributed by atoms with Crippen LogP contribution >= 0.6 is 0 Å². The molecule has 2 amide bonds. The van der Waals surface area contributed by atoms with Gasteiger partial charge in [0.2, 0.25) is 11.8 Å². The first-order chi connectivity index (χ1) is 16.2. The molecule has 2 aliphatic heterocycles. The number of aromatic nitrogens is 2. The van der Waals surface area contributed by atoms with Gasteiger partial charge in [0.05, 0.1) is 12.1 Å². The fourth-order valence-electron chi connectivity index (χ4n) is 4.29. The first-order valence-corrected chi connectivity index (χ1v) is 11.2. The van der Waals surface area contributed by atoms with Crippen molar-refractivity contribution in [1.82, 2.24) is 19.9 Å². The highest BCUT2D eigenvalue weighted by Crippen LogP contribution is 2.30. The third kappa shape index (κ3) is 5.85. The van der Waals surface area contributed by atoms with Crippen LogP contribution in [0.3, 0.4) is 0 Å². The average molecular weight is 480 g/mol.